The molecule has 0 bridgehead atoms. The van der Waals surface area contributed by atoms with E-state index < -0.39 is 0 Å². The third-order valence-corrected chi connectivity index (χ3v) is 4.53. The van der Waals surface area contributed by atoms with E-state index in [4.69, 9.17) is 4.74 Å². The Balaban J connectivity index is 1.69. The third-order valence-electron chi connectivity index (χ3n) is 3.94. The Morgan fingerprint density at radius 3 is 3.04 bits per heavy atom. The van der Waals surface area contributed by atoms with Gasteiger partial charge in [-0.3, -0.25) is 4.79 Å². The van der Waals surface area contributed by atoms with Crippen molar-refractivity contribution in [3.05, 3.63) is 34.7 Å². The van der Waals surface area contributed by atoms with Crippen molar-refractivity contribution in [2.24, 2.45) is 5.92 Å². The Morgan fingerprint density at radius 2 is 2.29 bits per heavy atom. The summed E-state index contributed by atoms with van der Waals surface area (Å²) >= 11 is 1.43. The molecule has 24 heavy (non-hydrogen) atoms. The molecule has 7 nitrogen and oxygen atoms in total. The molecule has 1 fully saturated rings. The predicted molar refractivity (Wildman–Crippen MR) is 92.4 cm³/mol. The van der Waals surface area contributed by atoms with Crippen molar-refractivity contribution in [1.29, 1.82) is 0 Å². The van der Waals surface area contributed by atoms with Gasteiger partial charge in [-0.1, -0.05) is 0 Å². The molecule has 8 heteroatoms. The predicted octanol–water partition coefficient (Wildman–Crippen LogP) is 1.33. The highest BCUT2D eigenvalue weighted by molar-refractivity contribution is 7.07. The number of carbonyl (C=O) groups excluding carboxylic acids is 1. The number of thiazole rings is 1. The Bertz CT molecular complexity index is 677. The molecule has 3 rings (SSSR count). The van der Waals surface area contributed by atoms with Gasteiger partial charge in [0.1, 0.15) is 17.8 Å². The SMILES string of the molecule is CN(C)c1cc(CC2COCCN(C(=O)c3cscn3)C2)ncn1. The molecule has 1 aliphatic heterocycles. The molecule has 1 unspecified atom stereocenters. The summed E-state index contributed by atoms with van der Waals surface area (Å²) < 4.78 is 5.69. The van der Waals surface area contributed by atoms with Crippen LogP contribution in [-0.2, 0) is 11.2 Å². The van der Waals surface area contributed by atoms with Crippen LogP contribution < -0.4 is 4.90 Å². The zero-order chi connectivity index (χ0) is 16.9. The van der Waals surface area contributed by atoms with E-state index in [9.17, 15) is 4.79 Å². The minimum Gasteiger partial charge on any atom is -0.379 e. The molecule has 0 saturated carbocycles. The lowest BCUT2D eigenvalue weighted by Crippen LogP contribution is -2.36. The van der Waals surface area contributed by atoms with E-state index in [2.05, 4.69) is 15.0 Å². The molecular formula is C16H21N5O2S. The average Bonchev–Trinajstić information content (AvgIpc) is 3.02. The lowest BCUT2D eigenvalue weighted by molar-refractivity contribution is 0.0732. The number of hydrogen-bond donors (Lipinski definition) is 0. The van der Waals surface area contributed by atoms with Crippen LogP contribution in [-0.4, -0.2) is 66.2 Å². The van der Waals surface area contributed by atoms with Gasteiger partial charge in [0.25, 0.3) is 5.91 Å². The van der Waals surface area contributed by atoms with Crippen LogP contribution in [0.1, 0.15) is 16.2 Å². The molecule has 0 N–H and O–H groups in total. The van der Waals surface area contributed by atoms with Gasteiger partial charge in [-0.25, -0.2) is 15.0 Å². The fourth-order valence-electron chi connectivity index (χ4n) is 2.71. The summed E-state index contributed by atoms with van der Waals surface area (Å²) in [4.78, 5) is 29.0. The Kier molecular flexibility index (Phi) is 5.37. The van der Waals surface area contributed by atoms with E-state index in [1.165, 1.54) is 11.3 Å². The quantitative estimate of drug-likeness (QED) is 0.831. The first-order chi connectivity index (χ1) is 11.6. The lowest BCUT2D eigenvalue weighted by Gasteiger charge is -2.23. The summed E-state index contributed by atoms with van der Waals surface area (Å²) in [6.45, 7) is 2.43. The minimum atomic E-state index is -0.0246. The topological polar surface area (TPSA) is 71.5 Å². The standard InChI is InChI=1S/C16H21N5O2S/c1-20(2)15-6-13(17-10-18-15)5-12-7-21(3-4-23-8-12)16(22)14-9-24-11-19-14/h6,9-12H,3-5,7-8H2,1-2H3. The van der Waals surface area contributed by atoms with Crippen LogP contribution in [0.15, 0.2) is 23.3 Å². The normalized spacial score (nSPS) is 18.2. The van der Waals surface area contributed by atoms with Crippen molar-refractivity contribution in [3.63, 3.8) is 0 Å². The smallest absolute Gasteiger partial charge is 0.273 e. The molecule has 1 aliphatic rings. The highest BCUT2D eigenvalue weighted by atomic mass is 32.1. The number of nitrogens with zero attached hydrogens (tertiary/aromatic N) is 5. The molecule has 1 amide bonds. The number of aromatic nitrogens is 3. The first kappa shape index (κ1) is 16.8. The molecule has 0 aliphatic carbocycles. The van der Waals surface area contributed by atoms with Crippen molar-refractivity contribution in [2.45, 2.75) is 6.42 Å². The zero-order valence-corrected chi connectivity index (χ0v) is 14.7. The summed E-state index contributed by atoms with van der Waals surface area (Å²) in [5.74, 6) is 1.06. The Hall–Kier alpha value is -2.06. The largest absolute Gasteiger partial charge is 0.379 e. The minimum absolute atomic E-state index is 0.0246. The zero-order valence-electron chi connectivity index (χ0n) is 13.9. The third kappa shape index (κ3) is 4.07. The van der Waals surface area contributed by atoms with Crippen molar-refractivity contribution < 1.29 is 9.53 Å². The summed E-state index contributed by atoms with van der Waals surface area (Å²) in [5.41, 5.74) is 3.16. The fraction of sp³-hybridized carbons (Fsp3) is 0.500. The van der Waals surface area contributed by atoms with Gasteiger partial charge in [-0.05, 0) is 6.42 Å². The summed E-state index contributed by atoms with van der Waals surface area (Å²) in [5, 5.41) is 1.79. The number of amides is 1. The van der Waals surface area contributed by atoms with Gasteiger partial charge < -0.3 is 14.5 Å². The second kappa shape index (κ2) is 7.67. The average molecular weight is 347 g/mol. The van der Waals surface area contributed by atoms with Gasteiger partial charge in [-0.15, -0.1) is 11.3 Å². The summed E-state index contributed by atoms with van der Waals surface area (Å²) in [7, 11) is 3.91. The Morgan fingerprint density at radius 1 is 1.42 bits per heavy atom. The monoisotopic (exact) mass is 347 g/mol. The van der Waals surface area contributed by atoms with Crippen LogP contribution in [0.25, 0.3) is 0 Å². The van der Waals surface area contributed by atoms with Crippen LogP contribution >= 0.6 is 11.3 Å². The van der Waals surface area contributed by atoms with Crippen molar-refractivity contribution in [3.8, 4) is 0 Å². The molecule has 2 aromatic rings. The first-order valence-corrected chi connectivity index (χ1v) is 8.81. The van der Waals surface area contributed by atoms with Gasteiger partial charge in [0.05, 0.1) is 18.7 Å². The number of rotatable bonds is 4. The van der Waals surface area contributed by atoms with Crippen LogP contribution in [0.4, 0.5) is 5.82 Å². The highest BCUT2D eigenvalue weighted by Gasteiger charge is 2.25. The maximum Gasteiger partial charge on any atom is 0.273 e. The molecular weight excluding hydrogens is 326 g/mol. The van der Waals surface area contributed by atoms with Crippen molar-refractivity contribution >= 4 is 23.1 Å². The number of carbonyl (C=O) groups is 1. The summed E-state index contributed by atoms with van der Waals surface area (Å²) in [6, 6.07) is 1.98. The second-order valence-corrected chi connectivity index (χ2v) is 6.75. The van der Waals surface area contributed by atoms with Crippen LogP contribution in [0.5, 0.6) is 0 Å². The lowest BCUT2D eigenvalue weighted by atomic mass is 10.0. The van der Waals surface area contributed by atoms with E-state index in [0.717, 1.165) is 17.9 Å². The van der Waals surface area contributed by atoms with E-state index in [1.807, 2.05) is 30.0 Å². The van der Waals surface area contributed by atoms with Crippen LogP contribution in [0.3, 0.4) is 0 Å². The van der Waals surface area contributed by atoms with Gasteiger partial charge >= 0.3 is 0 Å². The molecule has 0 radical (unpaired) electrons. The van der Waals surface area contributed by atoms with E-state index >= 15 is 0 Å². The van der Waals surface area contributed by atoms with Gasteiger partial charge in [0.15, 0.2) is 0 Å². The van der Waals surface area contributed by atoms with Crippen molar-refractivity contribution in [1.82, 2.24) is 19.9 Å². The van der Waals surface area contributed by atoms with E-state index in [1.54, 1.807) is 17.2 Å². The van der Waals surface area contributed by atoms with Crippen LogP contribution in [0.2, 0.25) is 0 Å². The highest BCUT2D eigenvalue weighted by Crippen LogP contribution is 2.17. The second-order valence-electron chi connectivity index (χ2n) is 6.03. The number of ether oxygens (including phenoxy) is 1. The molecule has 0 aromatic carbocycles. The fourth-order valence-corrected chi connectivity index (χ4v) is 3.23. The first-order valence-electron chi connectivity index (χ1n) is 7.87. The van der Waals surface area contributed by atoms with Crippen molar-refractivity contribution in [2.75, 3.05) is 45.3 Å². The maximum absolute atomic E-state index is 12.5. The van der Waals surface area contributed by atoms with Gasteiger partial charge in [0.2, 0.25) is 0 Å². The number of hydrogen-bond acceptors (Lipinski definition) is 7. The Labute approximate surface area is 145 Å². The van der Waals surface area contributed by atoms with Gasteiger partial charge in [-0.2, -0.15) is 0 Å². The molecule has 0 spiro atoms. The molecule has 1 atom stereocenters. The molecule has 2 aromatic heterocycles. The molecule has 3 heterocycles. The number of anilines is 1. The van der Waals surface area contributed by atoms with E-state index in [-0.39, 0.29) is 11.8 Å². The maximum atomic E-state index is 12.5. The summed E-state index contributed by atoms with van der Waals surface area (Å²) in [6.07, 6.45) is 2.34. The molecule has 1 saturated heterocycles. The molecule has 128 valence electrons. The van der Waals surface area contributed by atoms with Crippen LogP contribution in [0, 0.1) is 5.92 Å². The van der Waals surface area contributed by atoms with E-state index in [0.29, 0.717) is 32.0 Å². The van der Waals surface area contributed by atoms with Gasteiger partial charge in [0, 0.05) is 50.2 Å².